The Kier molecular flexibility index (Phi) is 5.39. The number of fused-ring (bicyclic) bond motifs is 1. The van der Waals surface area contributed by atoms with Gasteiger partial charge in [-0.3, -0.25) is 4.79 Å². The number of benzene rings is 1. The van der Waals surface area contributed by atoms with Crippen molar-refractivity contribution in [2.75, 3.05) is 25.4 Å². The Hall–Kier alpha value is -2.34. The fourth-order valence-corrected chi connectivity index (χ4v) is 2.80. The van der Waals surface area contributed by atoms with Crippen LogP contribution in [-0.2, 0) is 6.54 Å². The van der Waals surface area contributed by atoms with Crippen LogP contribution in [0.1, 0.15) is 30.6 Å². The number of nitrogens with zero attached hydrogens (tertiary/aromatic N) is 2. The summed E-state index contributed by atoms with van der Waals surface area (Å²) >= 11 is 0. The maximum Gasteiger partial charge on any atom is 0.341 e. The van der Waals surface area contributed by atoms with Gasteiger partial charge >= 0.3 is 5.97 Å². The molecule has 0 bridgehead atoms. The lowest BCUT2D eigenvalue weighted by Crippen LogP contribution is -2.25. The van der Waals surface area contributed by atoms with Gasteiger partial charge in [-0.1, -0.05) is 19.9 Å². The van der Waals surface area contributed by atoms with Gasteiger partial charge in [-0.2, -0.15) is 0 Å². The highest BCUT2D eigenvalue weighted by Gasteiger charge is 2.16. The molecule has 1 aromatic heterocycles. The lowest BCUT2D eigenvalue weighted by Gasteiger charge is -2.19. The number of nitrogens with two attached hydrogens (primary N) is 1. The summed E-state index contributed by atoms with van der Waals surface area (Å²) in [5.74, 6) is -1.22. The van der Waals surface area contributed by atoms with Gasteiger partial charge in [0.2, 0.25) is 5.43 Å². The molecule has 6 heteroatoms. The first-order valence-electron chi connectivity index (χ1n) is 7.86. The molecule has 0 saturated heterocycles. The summed E-state index contributed by atoms with van der Waals surface area (Å²) in [6, 6.07) is 5.20. The van der Waals surface area contributed by atoms with Crippen molar-refractivity contribution in [1.29, 1.82) is 0 Å². The van der Waals surface area contributed by atoms with Crippen LogP contribution < -0.4 is 11.2 Å². The SMILES string of the molecule is CCN(CC)CCCn1cc(C(=O)O)c(=O)c2c(N)cccc21. The Morgan fingerprint density at radius 3 is 2.61 bits per heavy atom. The molecule has 0 fully saturated rings. The first-order chi connectivity index (χ1) is 11.0. The topological polar surface area (TPSA) is 88.6 Å². The molecule has 3 N–H and O–H groups in total. The van der Waals surface area contributed by atoms with Crippen LogP contribution in [0.4, 0.5) is 5.69 Å². The summed E-state index contributed by atoms with van der Waals surface area (Å²) in [7, 11) is 0. The largest absolute Gasteiger partial charge is 0.477 e. The standard InChI is InChI=1S/C17H23N3O3/c1-3-19(4-2)9-6-10-20-11-12(17(22)23)16(21)15-13(18)7-5-8-14(15)20/h5,7-8,11H,3-4,6,9-10,18H2,1-2H3,(H,22,23). The Labute approximate surface area is 135 Å². The minimum atomic E-state index is -1.22. The molecule has 0 aliphatic carbocycles. The zero-order valence-electron chi connectivity index (χ0n) is 13.6. The predicted octanol–water partition coefficient (Wildman–Crippen LogP) is 2.01. The second kappa shape index (κ2) is 7.28. The van der Waals surface area contributed by atoms with Crippen LogP contribution in [0.2, 0.25) is 0 Å². The van der Waals surface area contributed by atoms with E-state index in [0.717, 1.165) is 26.1 Å². The fourth-order valence-electron chi connectivity index (χ4n) is 2.80. The van der Waals surface area contributed by atoms with Gasteiger partial charge in [0.05, 0.1) is 10.9 Å². The summed E-state index contributed by atoms with van der Waals surface area (Å²) in [6.45, 7) is 7.74. The third-order valence-corrected chi connectivity index (χ3v) is 4.14. The number of nitrogen functional groups attached to an aromatic ring is 1. The van der Waals surface area contributed by atoms with Crippen LogP contribution in [0, 0.1) is 0 Å². The van der Waals surface area contributed by atoms with E-state index in [-0.39, 0.29) is 10.9 Å². The first kappa shape index (κ1) is 17.0. The Morgan fingerprint density at radius 2 is 2.00 bits per heavy atom. The van der Waals surface area contributed by atoms with Crippen LogP contribution in [0.25, 0.3) is 10.9 Å². The number of carbonyl (C=O) groups is 1. The number of carboxylic acids is 1. The van der Waals surface area contributed by atoms with Crippen molar-refractivity contribution < 1.29 is 9.90 Å². The molecule has 0 aliphatic rings. The van der Waals surface area contributed by atoms with Crippen LogP contribution in [0.15, 0.2) is 29.2 Å². The minimum Gasteiger partial charge on any atom is -0.477 e. The van der Waals surface area contributed by atoms with E-state index in [4.69, 9.17) is 5.73 Å². The zero-order chi connectivity index (χ0) is 17.0. The molecule has 0 atom stereocenters. The van der Waals surface area contributed by atoms with Crippen molar-refractivity contribution >= 4 is 22.6 Å². The van der Waals surface area contributed by atoms with Crippen LogP contribution in [0.5, 0.6) is 0 Å². The Morgan fingerprint density at radius 1 is 1.30 bits per heavy atom. The number of rotatable bonds is 7. The van der Waals surface area contributed by atoms with Crippen molar-refractivity contribution in [3.05, 3.63) is 40.2 Å². The van der Waals surface area contributed by atoms with Gasteiger partial charge in [0.15, 0.2) is 0 Å². The van der Waals surface area contributed by atoms with Crippen molar-refractivity contribution in [3.8, 4) is 0 Å². The molecule has 2 aromatic rings. The molecule has 0 spiro atoms. The van der Waals surface area contributed by atoms with Gasteiger partial charge < -0.3 is 20.3 Å². The van der Waals surface area contributed by atoms with Gasteiger partial charge in [0, 0.05) is 18.4 Å². The highest BCUT2D eigenvalue weighted by molar-refractivity contribution is 5.97. The zero-order valence-corrected chi connectivity index (χ0v) is 13.6. The summed E-state index contributed by atoms with van der Waals surface area (Å²) in [5, 5.41) is 9.56. The number of pyridine rings is 1. The van der Waals surface area contributed by atoms with Gasteiger partial charge in [0.25, 0.3) is 0 Å². The maximum absolute atomic E-state index is 12.3. The van der Waals surface area contributed by atoms with Crippen LogP contribution in [0.3, 0.4) is 0 Å². The van der Waals surface area contributed by atoms with Crippen molar-refractivity contribution in [2.24, 2.45) is 0 Å². The average molecular weight is 317 g/mol. The summed E-state index contributed by atoms with van der Waals surface area (Å²) < 4.78 is 1.82. The third kappa shape index (κ3) is 3.53. The molecule has 2 rings (SSSR count). The molecule has 0 unspecified atom stereocenters. The third-order valence-electron chi connectivity index (χ3n) is 4.14. The summed E-state index contributed by atoms with van der Waals surface area (Å²) in [4.78, 5) is 26.0. The molecule has 0 saturated carbocycles. The Balaban J connectivity index is 2.43. The van der Waals surface area contributed by atoms with Crippen LogP contribution in [-0.4, -0.2) is 40.2 Å². The van der Waals surface area contributed by atoms with Crippen molar-refractivity contribution in [2.45, 2.75) is 26.8 Å². The molecule has 0 radical (unpaired) electrons. The second-order valence-electron chi connectivity index (χ2n) is 5.49. The number of hydrogen-bond donors (Lipinski definition) is 2. The minimum absolute atomic E-state index is 0.238. The number of hydrogen-bond acceptors (Lipinski definition) is 4. The smallest absolute Gasteiger partial charge is 0.341 e. The second-order valence-corrected chi connectivity index (χ2v) is 5.49. The lowest BCUT2D eigenvalue weighted by molar-refractivity contribution is 0.0695. The molecule has 1 heterocycles. The average Bonchev–Trinajstić information content (AvgIpc) is 2.53. The van der Waals surface area contributed by atoms with Gasteiger partial charge in [0.1, 0.15) is 5.56 Å². The first-order valence-corrected chi connectivity index (χ1v) is 7.86. The van der Waals surface area contributed by atoms with Gasteiger partial charge in [-0.15, -0.1) is 0 Å². The quantitative estimate of drug-likeness (QED) is 0.763. The van der Waals surface area contributed by atoms with E-state index in [1.165, 1.54) is 6.20 Å². The monoisotopic (exact) mass is 317 g/mol. The fraction of sp³-hybridized carbons (Fsp3) is 0.412. The van der Waals surface area contributed by atoms with Crippen molar-refractivity contribution in [1.82, 2.24) is 9.47 Å². The number of aromatic nitrogens is 1. The maximum atomic E-state index is 12.3. The normalized spacial score (nSPS) is 11.3. The Bertz CT molecular complexity index is 764. The molecule has 0 amide bonds. The van der Waals surface area contributed by atoms with E-state index in [2.05, 4.69) is 18.7 Å². The molecule has 23 heavy (non-hydrogen) atoms. The predicted molar refractivity (Wildman–Crippen MR) is 92.0 cm³/mol. The summed E-state index contributed by atoms with van der Waals surface area (Å²) in [5.41, 5.74) is 6.13. The lowest BCUT2D eigenvalue weighted by atomic mass is 10.1. The number of aromatic carboxylic acids is 1. The van der Waals surface area contributed by atoms with E-state index < -0.39 is 11.4 Å². The molecular formula is C17H23N3O3. The molecule has 124 valence electrons. The van der Waals surface area contributed by atoms with E-state index in [9.17, 15) is 14.7 Å². The summed E-state index contributed by atoms with van der Waals surface area (Å²) in [6.07, 6.45) is 2.29. The molecule has 6 nitrogen and oxygen atoms in total. The highest BCUT2D eigenvalue weighted by atomic mass is 16.4. The molecule has 1 aromatic carbocycles. The number of carboxylic acid groups (broad SMARTS) is 1. The van der Waals surface area contributed by atoms with Crippen molar-refractivity contribution in [3.63, 3.8) is 0 Å². The number of anilines is 1. The van der Waals surface area contributed by atoms with Gasteiger partial charge in [-0.05, 0) is 38.2 Å². The number of aryl methyl sites for hydroxylation is 1. The molecule has 0 aliphatic heterocycles. The van der Waals surface area contributed by atoms with Crippen LogP contribution >= 0.6 is 0 Å². The molecular weight excluding hydrogens is 294 g/mol. The van der Waals surface area contributed by atoms with E-state index >= 15 is 0 Å². The van der Waals surface area contributed by atoms with E-state index in [1.54, 1.807) is 18.2 Å². The van der Waals surface area contributed by atoms with Gasteiger partial charge in [-0.25, -0.2) is 4.79 Å². The van der Waals surface area contributed by atoms with E-state index in [1.807, 2.05) is 4.57 Å². The highest BCUT2D eigenvalue weighted by Crippen LogP contribution is 2.19. The van der Waals surface area contributed by atoms with E-state index in [0.29, 0.717) is 17.7 Å².